The van der Waals surface area contributed by atoms with Gasteiger partial charge in [0, 0.05) is 12.2 Å². The largest absolute Gasteiger partial charge is 0.325 e. The standard InChI is InChI=1S/C20H25N3O3/c1-20(15-8-3-2-4-9-15)18(25)23(19(26)21-20)13-17(24)22-12-11-14-7-5-6-10-16(14)22/h5-7,10,15H,2-4,8-9,11-13H2,1H3,(H,21,26)/t20-/m1/s1. The molecule has 1 saturated heterocycles. The van der Waals surface area contributed by atoms with Crippen LogP contribution in [0.5, 0.6) is 0 Å². The summed E-state index contributed by atoms with van der Waals surface area (Å²) in [6.45, 7) is 2.22. The Morgan fingerprint density at radius 2 is 1.92 bits per heavy atom. The van der Waals surface area contributed by atoms with Gasteiger partial charge in [-0.05, 0) is 43.7 Å². The Labute approximate surface area is 153 Å². The summed E-state index contributed by atoms with van der Waals surface area (Å²) < 4.78 is 0. The lowest BCUT2D eigenvalue weighted by Crippen LogP contribution is -2.51. The lowest BCUT2D eigenvalue weighted by molar-refractivity contribution is -0.135. The fourth-order valence-electron chi connectivity index (χ4n) is 4.63. The molecule has 1 aliphatic carbocycles. The lowest BCUT2D eigenvalue weighted by Gasteiger charge is -2.34. The predicted molar refractivity (Wildman–Crippen MR) is 97.7 cm³/mol. The summed E-state index contributed by atoms with van der Waals surface area (Å²) in [5, 5.41) is 2.88. The van der Waals surface area contributed by atoms with E-state index in [9.17, 15) is 14.4 Å². The first-order valence-corrected chi connectivity index (χ1v) is 9.53. The number of nitrogens with zero attached hydrogens (tertiary/aromatic N) is 2. The summed E-state index contributed by atoms with van der Waals surface area (Å²) in [6.07, 6.45) is 6.07. The molecule has 0 spiro atoms. The van der Waals surface area contributed by atoms with Crippen LogP contribution in [0.3, 0.4) is 0 Å². The summed E-state index contributed by atoms with van der Waals surface area (Å²) in [4.78, 5) is 41.1. The summed E-state index contributed by atoms with van der Waals surface area (Å²) >= 11 is 0. The van der Waals surface area contributed by atoms with Crippen molar-refractivity contribution in [2.24, 2.45) is 5.92 Å². The van der Waals surface area contributed by atoms with E-state index in [1.807, 2.05) is 31.2 Å². The highest BCUT2D eigenvalue weighted by Gasteiger charge is 2.52. The highest BCUT2D eigenvalue weighted by Crippen LogP contribution is 2.36. The monoisotopic (exact) mass is 355 g/mol. The van der Waals surface area contributed by atoms with Gasteiger partial charge >= 0.3 is 6.03 Å². The molecule has 4 amide bonds. The number of urea groups is 1. The second-order valence-corrected chi connectivity index (χ2v) is 7.78. The summed E-state index contributed by atoms with van der Waals surface area (Å²) in [5.41, 5.74) is 1.14. The fourth-order valence-corrected chi connectivity index (χ4v) is 4.63. The van der Waals surface area contributed by atoms with Crippen molar-refractivity contribution in [1.82, 2.24) is 10.2 Å². The molecule has 1 saturated carbocycles. The minimum Gasteiger partial charge on any atom is -0.323 e. The molecule has 2 aliphatic heterocycles. The summed E-state index contributed by atoms with van der Waals surface area (Å²) in [7, 11) is 0. The summed E-state index contributed by atoms with van der Waals surface area (Å²) in [5.74, 6) is -0.304. The number of amides is 4. The molecular formula is C20H25N3O3. The van der Waals surface area contributed by atoms with Gasteiger partial charge in [-0.25, -0.2) is 4.79 Å². The second-order valence-electron chi connectivity index (χ2n) is 7.78. The van der Waals surface area contributed by atoms with Crippen molar-refractivity contribution >= 4 is 23.5 Å². The first-order chi connectivity index (χ1) is 12.5. The Balaban J connectivity index is 1.49. The number of fused-ring (bicyclic) bond motifs is 1. The molecular weight excluding hydrogens is 330 g/mol. The molecule has 0 radical (unpaired) electrons. The van der Waals surface area contributed by atoms with Gasteiger partial charge in [0.05, 0.1) is 0 Å². The van der Waals surface area contributed by atoms with Crippen LogP contribution >= 0.6 is 0 Å². The molecule has 6 heteroatoms. The van der Waals surface area contributed by atoms with Crippen molar-refractivity contribution in [3.8, 4) is 0 Å². The zero-order valence-corrected chi connectivity index (χ0v) is 15.2. The van der Waals surface area contributed by atoms with E-state index in [2.05, 4.69) is 5.32 Å². The van der Waals surface area contributed by atoms with E-state index in [0.29, 0.717) is 6.54 Å². The first-order valence-electron chi connectivity index (χ1n) is 9.53. The zero-order valence-electron chi connectivity index (χ0n) is 15.2. The average Bonchev–Trinajstić information content (AvgIpc) is 3.18. The number of hydrogen-bond acceptors (Lipinski definition) is 3. The van der Waals surface area contributed by atoms with E-state index >= 15 is 0 Å². The van der Waals surface area contributed by atoms with Gasteiger partial charge in [-0.2, -0.15) is 0 Å². The fraction of sp³-hybridized carbons (Fsp3) is 0.550. The second kappa shape index (κ2) is 6.41. The van der Waals surface area contributed by atoms with Gasteiger partial charge in [0.2, 0.25) is 5.91 Å². The van der Waals surface area contributed by atoms with Gasteiger partial charge in [-0.3, -0.25) is 14.5 Å². The van der Waals surface area contributed by atoms with Crippen LogP contribution in [-0.4, -0.2) is 41.4 Å². The third kappa shape index (κ3) is 2.68. The molecule has 0 bridgehead atoms. The molecule has 0 unspecified atom stereocenters. The molecule has 1 aromatic carbocycles. The van der Waals surface area contributed by atoms with E-state index in [1.54, 1.807) is 4.90 Å². The lowest BCUT2D eigenvalue weighted by atomic mass is 9.75. The minimum absolute atomic E-state index is 0.153. The van der Waals surface area contributed by atoms with Gasteiger partial charge < -0.3 is 10.2 Å². The third-order valence-corrected chi connectivity index (χ3v) is 6.20. The van der Waals surface area contributed by atoms with Gasteiger partial charge in [-0.1, -0.05) is 37.5 Å². The van der Waals surface area contributed by atoms with Crippen LogP contribution in [0, 0.1) is 5.92 Å². The van der Waals surface area contributed by atoms with Crippen LogP contribution in [0.4, 0.5) is 10.5 Å². The van der Waals surface area contributed by atoms with Gasteiger partial charge in [-0.15, -0.1) is 0 Å². The third-order valence-electron chi connectivity index (χ3n) is 6.20. The number of hydrogen-bond donors (Lipinski definition) is 1. The van der Waals surface area contributed by atoms with Crippen LogP contribution in [-0.2, 0) is 16.0 Å². The number of anilines is 1. The Morgan fingerprint density at radius 1 is 1.19 bits per heavy atom. The zero-order chi connectivity index (χ0) is 18.3. The Kier molecular flexibility index (Phi) is 4.21. The maximum Gasteiger partial charge on any atom is 0.325 e. The SMILES string of the molecule is C[C@]1(C2CCCCC2)NC(=O)N(CC(=O)N2CCc3ccccc32)C1=O. The molecule has 1 aromatic rings. The molecule has 0 aromatic heterocycles. The van der Waals surface area contributed by atoms with Gasteiger partial charge in [0.25, 0.3) is 5.91 Å². The van der Waals surface area contributed by atoms with E-state index in [0.717, 1.165) is 48.3 Å². The first kappa shape index (κ1) is 17.1. The highest BCUT2D eigenvalue weighted by atomic mass is 16.2. The van der Waals surface area contributed by atoms with Gasteiger partial charge in [0.1, 0.15) is 12.1 Å². The van der Waals surface area contributed by atoms with Crippen molar-refractivity contribution in [2.45, 2.75) is 51.0 Å². The quantitative estimate of drug-likeness (QED) is 0.847. The molecule has 1 N–H and O–H groups in total. The molecule has 2 fully saturated rings. The van der Waals surface area contributed by atoms with Crippen LogP contribution < -0.4 is 10.2 Å². The average molecular weight is 355 g/mol. The predicted octanol–water partition coefficient (Wildman–Crippen LogP) is 2.47. The molecule has 4 rings (SSSR count). The topological polar surface area (TPSA) is 69.7 Å². The molecule has 2 heterocycles. The number of benzene rings is 1. The minimum atomic E-state index is -0.874. The number of carbonyl (C=O) groups excluding carboxylic acids is 3. The van der Waals surface area contributed by atoms with Crippen molar-refractivity contribution in [3.05, 3.63) is 29.8 Å². The van der Waals surface area contributed by atoms with Crippen LogP contribution in [0.15, 0.2) is 24.3 Å². The van der Waals surface area contributed by atoms with Crippen molar-refractivity contribution in [3.63, 3.8) is 0 Å². The Bertz CT molecular complexity index is 756. The Hall–Kier alpha value is -2.37. The summed E-state index contributed by atoms with van der Waals surface area (Å²) in [6, 6.07) is 7.34. The van der Waals surface area contributed by atoms with E-state index < -0.39 is 11.6 Å². The molecule has 1 atom stereocenters. The molecule has 26 heavy (non-hydrogen) atoms. The van der Waals surface area contributed by atoms with Crippen LogP contribution in [0.1, 0.15) is 44.6 Å². The number of rotatable bonds is 3. The normalized spacial score (nSPS) is 26.2. The van der Waals surface area contributed by atoms with Crippen molar-refractivity contribution in [2.75, 3.05) is 18.0 Å². The highest BCUT2D eigenvalue weighted by molar-refractivity contribution is 6.10. The number of para-hydroxylation sites is 1. The van der Waals surface area contributed by atoms with E-state index in [-0.39, 0.29) is 24.3 Å². The number of nitrogens with one attached hydrogen (secondary N) is 1. The molecule has 3 aliphatic rings. The molecule has 6 nitrogen and oxygen atoms in total. The Morgan fingerprint density at radius 3 is 2.69 bits per heavy atom. The van der Waals surface area contributed by atoms with Crippen molar-refractivity contribution < 1.29 is 14.4 Å². The smallest absolute Gasteiger partial charge is 0.323 e. The number of imide groups is 1. The van der Waals surface area contributed by atoms with E-state index in [4.69, 9.17) is 0 Å². The van der Waals surface area contributed by atoms with Crippen molar-refractivity contribution in [1.29, 1.82) is 0 Å². The molecule has 138 valence electrons. The maximum absolute atomic E-state index is 13.0. The van der Waals surface area contributed by atoms with E-state index in [1.165, 1.54) is 6.42 Å². The van der Waals surface area contributed by atoms with Gasteiger partial charge in [0.15, 0.2) is 0 Å². The maximum atomic E-state index is 13.0. The van der Waals surface area contributed by atoms with Crippen LogP contribution in [0.25, 0.3) is 0 Å². The number of carbonyl (C=O) groups is 3. The van der Waals surface area contributed by atoms with Crippen LogP contribution in [0.2, 0.25) is 0 Å².